The first-order valence-corrected chi connectivity index (χ1v) is 6.69. The molecule has 0 unspecified atom stereocenters. The van der Waals surface area contributed by atoms with Crippen LogP contribution in [0.2, 0.25) is 0 Å². The van der Waals surface area contributed by atoms with Crippen molar-refractivity contribution < 1.29 is 14.7 Å². The molecular weight excluding hydrogens is 254 g/mol. The minimum Gasteiger partial charge on any atom is -0.481 e. The molecule has 1 amide bonds. The van der Waals surface area contributed by atoms with Gasteiger partial charge in [-0.3, -0.25) is 9.59 Å². The number of carbonyl (C=O) groups excluding carboxylic acids is 1. The number of nitrogens with zero attached hydrogens (tertiary/aromatic N) is 3. The minimum atomic E-state index is -0.926. The molecule has 2 rings (SSSR count). The van der Waals surface area contributed by atoms with E-state index in [2.05, 4.69) is 9.88 Å². The van der Waals surface area contributed by atoms with Gasteiger partial charge >= 0.3 is 5.97 Å². The number of carboxylic acids is 1. The zero-order valence-corrected chi connectivity index (χ0v) is 10.7. The number of piperazine rings is 1. The SMILES string of the molecule is O=C(O)CCC(=O)N1CCN(c2nccs2)CC1. The molecule has 7 heteroatoms. The molecule has 18 heavy (non-hydrogen) atoms. The summed E-state index contributed by atoms with van der Waals surface area (Å²) in [6.07, 6.45) is 1.77. The van der Waals surface area contributed by atoms with Crippen LogP contribution in [0.5, 0.6) is 0 Å². The Morgan fingerprint density at radius 1 is 1.28 bits per heavy atom. The highest BCUT2D eigenvalue weighted by Gasteiger charge is 2.22. The maximum absolute atomic E-state index is 11.7. The number of carbonyl (C=O) groups is 2. The maximum atomic E-state index is 11.7. The Morgan fingerprint density at radius 2 is 2.00 bits per heavy atom. The van der Waals surface area contributed by atoms with Gasteiger partial charge in [0.2, 0.25) is 5.91 Å². The summed E-state index contributed by atoms with van der Waals surface area (Å²) >= 11 is 1.59. The summed E-state index contributed by atoms with van der Waals surface area (Å²) in [7, 11) is 0. The lowest BCUT2D eigenvalue weighted by atomic mass is 10.2. The first-order valence-electron chi connectivity index (χ1n) is 5.81. The van der Waals surface area contributed by atoms with Crippen molar-refractivity contribution in [3.63, 3.8) is 0 Å². The summed E-state index contributed by atoms with van der Waals surface area (Å²) in [6, 6.07) is 0. The van der Waals surface area contributed by atoms with E-state index in [0.717, 1.165) is 18.2 Å². The van der Waals surface area contributed by atoms with E-state index in [0.29, 0.717) is 13.1 Å². The number of aromatic nitrogens is 1. The van der Waals surface area contributed by atoms with Gasteiger partial charge in [-0.1, -0.05) is 0 Å². The molecule has 1 aromatic rings. The molecule has 0 saturated carbocycles. The largest absolute Gasteiger partial charge is 0.481 e. The lowest BCUT2D eigenvalue weighted by Crippen LogP contribution is -2.48. The Labute approximate surface area is 109 Å². The second kappa shape index (κ2) is 5.81. The van der Waals surface area contributed by atoms with E-state index in [1.165, 1.54) is 0 Å². The lowest BCUT2D eigenvalue weighted by Gasteiger charge is -2.34. The normalized spacial score (nSPS) is 15.8. The molecular formula is C11H15N3O3S. The standard InChI is InChI=1S/C11H15N3O3S/c15-9(1-2-10(16)17)13-4-6-14(7-5-13)11-12-3-8-18-11/h3,8H,1-2,4-7H2,(H,16,17). The van der Waals surface area contributed by atoms with Crippen molar-refractivity contribution in [1.82, 2.24) is 9.88 Å². The monoisotopic (exact) mass is 269 g/mol. The van der Waals surface area contributed by atoms with Crippen molar-refractivity contribution in [2.45, 2.75) is 12.8 Å². The molecule has 1 aliphatic heterocycles. The molecule has 1 N–H and O–H groups in total. The van der Waals surface area contributed by atoms with E-state index in [-0.39, 0.29) is 18.7 Å². The zero-order valence-electron chi connectivity index (χ0n) is 9.91. The van der Waals surface area contributed by atoms with E-state index in [1.54, 1.807) is 22.4 Å². The first-order chi connectivity index (χ1) is 8.66. The molecule has 0 aromatic carbocycles. The molecule has 0 atom stereocenters. The second-order valence-electron chi connectivity index (χ2n) is 4.08. The third-order valence-corrected chi connectivity index (χ3v) is 3.71. The molecule has 1 fully saturated rings. The maximum Gasteiger partial charge on any atom is 0.303 e. The number of carboxylic acid groups (broad SMARTS) is 1. The van der Waals surface area contributed by atoms with E-state index < -0.39 is 5.97 Å². The van der Waals surface area contributed by atoms with Gasteiger partial charge in [-0.15, -0.1) is 11.3 Å². The fourth-order valence-corrected chi connectivity index (χ4v) is 2.59. The Kier molecular flexibility index (Phi) is 4.14. The second-order valence-corrected chi connectivity index (χ2v) is 4.95. The van der Waals surface area contributed by atoms with Crippen LogP contribution in [-0.4, -0.2) is 53.0 Å². The third-order valence-electron chi connectivity index (χ3n) is 2.87. The van der Waals surface area contributed by atoms with Gasteiger partial charge in [-0.25, -0.2) is 4.98 Å². The highest BCUT2D eigenvalue weighted by atomic mass is 32.1. The smallest absolute Gasteiger partial charge is 0.303 e. The molecule has 1 aromatic heterocycles. The van der Waals surface area contributed by atoms with Gasteiger partial charge in [0.15, 0.2) is 5.13 Å². The number of anilines is 1. The summed E-state index contributed by atoms with van der Waals surface area (Å²) in [5.41, 5.74) is 0. The summed E-state index contributed by atoms with van der Waals surface area (Å²) in [5, 5.41) is 11.5. The molecule has 1 aliphatic rings. The Morgan fingerprint density at radius 3 is 2.56 bits per heavy atom. The molecule has 0 aliphatic carbocycles. The van der Waals surface area contributed by atoms with Crippen molar-refractivity contribution in [3.05, 3.63) is 11.6 Å². The first kappa shape index (κ1) is 12.8. The van der Waals surface area contributed by atoms with E-state index >= 15 is 0 Å². The van der Waals surface area contributed by atoms with Gasteiger partial charge < -0.3 is 14.9 Å². The third kappa shape index (κ3) is 3.19. The van der Waals surface area contributed by atoms with Crippen molar-refractivity contribution in [2.24, 2.45) is 0 Å². The van der Waals surface area contributed by atoms with Crippen molar-refractivity contribution in [2.75, 3.05) is 31.1 Å². The predicted molar refractivity (Wildman–Crippen MR) is 67.8 cm³/mol. The molecule has 2 heterocycles. The molecule has 0 bridgehead atoms. The molecule has 0 radical (unpaired) electrons. The van der Waals surface area contributed by atoms with Crippen molar-refractivity contribution in [3.8, 4) is 0 Å². The molecule has 98 valence electrons. The van der Waals surface area contributed by atoms with Gasteiger partial charge in [-0.2, -0.15) is 0 Å². The highest BCUT2D eigenvalue weighted by molar-refractivity contribution is 7.13. The molecule has 1 saturated heterocycles. The van der Waals surface area contributed by atoms with E-state index in [9.17, 15) is 9.59 Å². The van der Waals surface area contributed by atoms with Crippen LogP contribution < -0.4 is 4.90 Å². The lowest BCUT2D eigenvalue weighted by molar-refractivity contribution is -0.141. The van der Waals surface area contributed by atoms with Gasteiger partial charge in [0.25, 0.3) is 0 Å². The van der Waals surface area contributed by atoms with Crippen LogP contribution in [-0.2, 0) is 9.59 Å². The quantitative estimate of drug-likeness (QED) is 0.869. The van der Waals surface area contributed by atoms with Crippen LogP contribution in [0, 0.1) is 0 Å². The van der Waals surface area contributed by atoms with Gasteiger partial charge in [0.05, 0.1) is 6.42 Å². The number of thiazole rings is 1. The highest BCUT2D eigenvalue weighted by Crippen LogP contribution is 2.19. The zero-order chi connectivity index (χ0) is 13.0. The summed E-state index contributed by atoms with van der Waals surface area (Å²) in [6.45, 7) is 2.79. The summed E-state index contributed by atoms with van der Waals surface area (Å²) < 4.78 is 0. The van der Waals surface area contributed by atoms with E-state index in [1.807, 2.05) is 5.38 Å². The van der Waals surface area contributed by atoms with Gasteiger partial charge in [0, 0.05) is 44.2 Å². The van der Waals surface area contributed by atoms with Gasteiger partial charge in [-0.05, 0) is 0 Å². The fraction of sp³-hybridized carbons (Fsp3) is 0.545. The Bertz CT molecular complexity index is 413. The van der Waals surface area contributed by atoms with Crippen LogP contribution in [0.3, 0.4) is 0 Å². The Balaban J connectivity index is 1.79. The predicted octanol–water partition coefficient (Wildman–Crippen LogP) is 0.657. The van der Waals surface area contributed by atoms with Crippen LogP contribution in [0.4, 0.5) is 5.13 Å². The number of aliphatic carboxylic acids is 1. The van der Waals surface area contributed by atoms with Crippen LogP contribution in [0.25, 0.3) is 0 Å². The van der Waals surface area contributed by atoms with Crippen LogP contribution in [0.15, 0.2) is 11.6 Å². The summed E-state index contributed by atoms with van der Waals surface area (Å²) in [5.74, 6) is -0.999. The summed E-state index contributed by atoms with van der Waals surface area (Å²) in [4.78, 5) is 30.2. The topological polar surface area (TPSA) is 73.7 Å². The number of amides is 1. The van der Waals surface area contributed by atoms with Crippen LogP contribution in [0.1, 0.15) is 12.8 Å². The average molecular weight is 269 g/mol. The minimum absolute atomic E-state index is 0.0730. The molecule has 6 nitrogen and oxygen atoms in total. The van der Waals surface area contributed by atoms with Crippen LogP contribution >= 0.6 is 11.3 Å². The number of hydrogen-bond donors (Lipinski definition) is 1. The number of hydrogen-bond acceptors (Lipinski definition) is 5. The van der Waals surface area contributed by atoms with Crippen molar-refractivity contribution >= 4 is 28.3 Å². The fourth-order valence-electron chi connectivity index (χ4n) is 1.89. The van der Waals surface area contributed by atoms with E-state index in [4.69, 9.17) is 5.11 Å². The average Bonchev–Trinajstić information content (AvgIpc) is 2.90. The van der Waals surface area contributed by atoms with Gasteiger partial charge in [0.1, 0.15) is 0 Å². The molecule has 0 spiro atoms. The number of rotatable bonds is 4. The Hall–Kier alpha value is -1.63. The van der Waals surface area contributed by atoms with Crippen molar-refractivity contribution in [1.29, 1.82) is 0 Å².